The van der Waals surface area contributed by atoms with Crippen LogP contribution < -0.4 is 10.5 Å². The summed E-state index contributed by atoms with van der Waals surface area (Å²) in [6.07, 6.45) is 3.20. The number of esters is 1. The number of hydrogen-bond acceptors (Lipinski definition) is 5. The zero-order valence-corrected chi connectivity index (χ0v) is 17.3. The number of anilines is 1. The molecule has 31 heavy (non-hydrogen) atoms. The van der Waals surface area contributed by atoms with Crippen molar-refractivity contribution in [2.75, 3.05) is 11.4 Å². The lowest BCUT2D eigenvalue weighted by Gasteiger charge is -2.17. The van der Waals surface area contributed by atoms with E-state index in [-0.39, 0.29) is 18.9 Å². The van der Waals surface area contributed by atoms with E-state index in [2.05, 4.69) is 0 Å². The van der Waals surface area contributed by atoms with Crippen LogP contribution in [0.25, 0.3) is 11.0 Å². The Morgan fingerprint density at radius 2 is 1.84 bits per heavy atom. The summed E-state index contributed by atoms with van der Waals surface area (Å²) in [5.41, 5.74) is 5.06. The lowest BCUT2D eigenvalue weighted by molar-refractivity contribution is -0.149. The third-order valence-electron chi connectivity index (χ3n) is 6.22. The molecule has 2 aromatic carbocycles. The number of aryl methyl sites for hydroxylation is 3. The molecule has 2 aliphatic rings. The Hall–Kier alpha value is -3.41. The van der Waals surface area contributed by atoms with E-state index in [1.165, 1.54) is 17.2 Å². The highest BCUT2D eigenvalue weighted by Gasteiger charge is 2.36. The van der Waals surface area contributed by atoms with Crippen molar-refractivity contribution in [1.82, 2.24) is 0 Å². The van der Waals surface area contributed by atoms with Gasteiger partial charge in [0.25, 0.3) is 0 Å². The summed E-state index contributed by atoms with van der Waals surface area (Å²) in [5, 5.41) is 0.803. The Balaban J connectivity index is 1.32. The van der Waals surface area contributed by atoms with Gasteiger partial charge in [0, 0.05) is 35.7 Å². The highest BCUT2D eigenvalue weighted by molar-refractivity contribution is 5.99. The van der Waals surface area contributed by atoms with Gasteiger partial charge in [-0.05, 0) is 61.6 Å². The van der Waals surface area contributed by atoms with E-state index in [1.807, 2.05) is 43.3 Å². The molecule has 0 bridgehead atoms. The van der Waals surface area contributed by atoms with Crippen LogP contribution in [0, 0.1) is 12.8 Å². The van der Waals surface area contributed by atoms with E-state index in [0.717, 1.165) is 35.9 Å². The number of amides is 1. The fraction of sp³-hybridized carbons (Fsp3) is 0.320. The predicted octanol–water partition coefficient (Wildman–Crippen LogP) is 3.69. The first-order chi connectivity index (χ1) is 15.0. The maximum absolute atomic E-state index is 12.7. The zero-order chi connectivity index (χ0) is 21.5. The summed E-state index contributed by atoms with van der Waals surface area (Å²) >= 11 is 0. The lowest BCUT2D eigenvalue weighted by Crippen LogP contribution is -2.26. The molecular weight excluding hydrogens is 394 g/mol. The standard InChI is InChI=1S/C25H23NO5/c1-15-5-7-20(8-6-15)26-13-18(11-23(26)27)25(29)30-14-19-12-24(28)31-22-10-17-4-2-3-16(17)9-21(19)22/h5-10,12,18H,2-4,11,13-14H2,1H3. The molecule has 2 heterocycles. The normalized spacial score (nSPS) is 17.9. The summed E-state index contributed by atoms with van der Waals surface area (Å²) in [6, 6.07) is 13.0. The second-order valence-corrected chi connectivity index (χ2v) is 8.41. The summed E-state index contributed by atoms with van der Waals surface area (Å²) in [7, 11) is 0. The van der Waals surface area contributed by atoms with Crippen LogP contribution >= 0.6 is 0 Å². The van der Waals surface area contributed by atoms with Gasteiger partial charge in [-0.25, -0.2) is 4.79 Å². The number of hydrogen-bond donors (Lipinski definition) is 0. The molecule has 5 rings (SSSR count). The molecule has 0 radical (unpaired) electrons. The molecule has 3 aromatic rings. The number of carbonyl (C=O) groups excluding carboxylic acids is 2. The van der Waals surface area contributed by atoms with Crippen LogP contribution in [0.2, 0.25) is 0 Å². The van der Waals surface area contributed by atoms with E-state index >= 15 is 0 Å². The van der Waals surface area contributed by atoms with Crippen LogP contribution in [0.1, 0.15) is 35.1 Å². The number of carbonyl (C=O) groups is 2. The minimum absolute atomic E-state index is 0.0189. The van der Waals surface area contributed by atoms with Crippen molar-refractivity contribution in [1.29, 1.82) is 0 Å². The molecule has 1 saturated heterocycles. The largest absolute Gasteiger partial charge is 0.461 e. The van der Waals surface area contributed by atoms with Crippen LogP contribution in [-0.4, -0.2) is 18.4 Å². The zero-order valence-electron chi connectivity index (χ0n) is 17.3. The average Bonchev–Trinajstić information content (AvgIpc) is 3.37. The van der Waals surface area contributed by atoms with Crippen LogP contribution in [-0.2, 0) is 33.8 Å². The Labute approximate surface area is 179 Å². The summed E-state index contributed by atoms with van der Waals surface area (Å²) in [4.78, 5) is 38.8. The highest BCUT2D eigenvalue weighted by atomic mass is 16.5. The smallest absolute Gasteiger partial charge is 0.336 e. The third kappa shape index (κ3) is 3.74. The minimum atomic E-state index is -0.524. The number of ether oxygens (including phenoxy) is 1. The Morgan fingerprint density at radius 3 is 2.61 bits per heavy atom. The molecule has 0 saturated carbocycles. The quantitative estimate of drug-likeness (QED) is 0.478. The summed E-state index contributed by atoms with van der Waals surface area (Å²) in [6.45, 7) is 2.26. The molecule has 1 fully saturated rings. The van der Waals surface area contributed by atoms with Crippen LogP contribution in [0.5, 0.6) is 0 Å². The van der Waals surface area contributed by atoms with E-state index in [4.69, 9.17) is 9.15 Å². The lowest BCUT2D eigenvalue weighted by atomic mass is 10.0. The molecule has 158 valence electrons. The maximum atomic E-state index is 12.7. The molecule has 1 unspecified atom stereocenters. The van der Waals surface area contributed by atoms with Crippen molar-refractivity contribution < 1.29 is 18.7 Å². The van der Waals surface area contributed by atoms with E-state index < -0.39 is 17.5 Å². The van der Waals surface area contributed by atoms with Gasteiger partial charge in [-0.3, -0.25) is 9.59 Å². The molecule has 0 N–H and O–H groups in total. The Bertz CT molecular complexity index is 1240. The van der Waals surface area contributed by atoms with Gasteiger partial charge in [0.1, 0.15) is 12.2 Å². The van der Waals surface area contributed by atoms with E-state index in [9.17, 15) is 14.4 Å². The van der Waals surface area contributed by atoms with Crippen LogP contribution in [0.15, 0.2) is 51.7 Å². The van der Waals surface area contributed by atoms with Gasteiger partial charge < -0.3 is 14.1 Å². The van der Waals surface area contributed by atoms with Crippen molar-refractivity contribution in [3.8, 4) is 0 Å². The van der Waals surface area contributed by atoms with E-state index in [0.29, 0.717) is 17.7 Å². The Kier molecular flexibility index (Phi) is 4.85. The molecule has 0 spiro atoms. The van der Waals surface area contributed by atoms with Crippen molar-refractivity contribution in [2.24, 2.45) is 5.92 Å². The second kappa shape index (κ2) is 7.69. The van der Waals surface area contributed by atoms with Gasteiger partial charge in [-0.1, -0.05) is 17.7 Å². The van der Waals surface area contributed by atoms with Gasteiger partial charge >= 0.3 is 11.6 Å². The predicted molar refractivity (Wildman–Crippen MR) is 116 cm³/mol. The summed E-state index contributed by atoms with van der Waals surface area (Å²) < 4.78 is 10.9. The molecule has 1 atom stereocenters. The fourth-order valence-corrected chi connectivity index (χ4v) is 4.52. The van der Waals surface area contributed by atoms with Crippen LogP contribution in [0.4, 0.5) is 5.69 Å². The van der Waals surface area contributed by atoms with Gasteiger partial charge in [0.15, 0.2) is 0 Å². The molecule has 1 amide bonds. The third-order valence-corrected chi connectivity index (χ3v) is 6.22. The van der Waals surface area contributed by atoms with Crippen molar-refractivity contribution in [3.05, 3.63) is 75.1 Å². The van der Waals surface area contributed by atoms with Crippen LogP contribution in [0.3, 0.4) is 0 Å². The SMILES string of the molecule is Cc1ccc(N2CC(C(=O)OCc3cc(=O)oc4cc5c(cc34)CCC5)CC2=O)cc1. The second-order valence-electron chi connectivity index (χ2n) is 8.41. The number of benzene rings is 2. The topological polar surface area (TPSA) is 76.8 Å². The first kappa shape index (κ1) is 19.5. The molecule has 6 nitrogen and oxygen atoms in total. The first-order valence-electron chi connectivity index (χ1n) is 10.6. The monoisotopic (exact) mass is 417 g/mol. The van der Waals surface area contributed by atoms with E-state index in [1.54, 1.807) is 4.90 Å². The van der Waals surface area contributed by atoms with Gasteiger partial charge in [-0.2, -0.15) is 0 Å². The highest BCUT2D eigenvalue weighted by Crippen LogP contribution is 2.30. The van der Waals surface area contributed by atoms with Crippen molar-refractivity contribution in [3.63, 3.8) is 0 Å². The number of nitrogens with zero attached hydrogens (tertiary/aromatic N) is 1. The fourth-order valence-electron chi connectivity index (χ4n) is 4.52. The molecule has 1 aromatic heterocycles. The van der Waals surface area contributed by atoms with Gasteiger partial charge in [0.05, 0.1) is 5.92 Å². The molecule has 1 aliphatic carbocycles. The molecular formula is C25H23NO5. The first-order valence-corrected chi connectivity index (χ1v) is 10.6. The van der Waals surface area contributed by atoms with Gasteiger partial charge in [-0.15, -0.1) is 0 Å². The van der Waals surface area contributed by atoms with Crippen molar-refractivity contribution >= 4 is 28.5 Å². The number of rotatable bonds is 4. The molecule has 1 aliphatic heterocycles. The summed E-state index contributed by atoms with van der Waals surface area (Å²) in [5.74, 6) is -1.04. The van der Waals surface area contributed by atoms with Crippen molar-refractivity contribution in [2.45, 2.75) is 39.2 Å². The molecule has 6 heteroatoms. The minimum Gasteiger partial charge on any atom is -0.461 e. The average molecular weight is 417 g/mol. The number of fused-ring (bicyclic) bond motifs is 2. The van der Waals surface area contributed by atoms with Gasteiger partial charge in [0.2, 0.25) is 5.91 Å². The maximum Gasteiger partial charge on any atom is 0.336 e. The Morgan fingerprint density at radius 1 is 1.10 bits per heavy atom.